The van der Waals surface area contributed by atoms with Gasteiger partial charge in [0, 0.05) is 18.6 Å². The number of pyridine rings is 1. The molecule has 0 saturated carbocycles. The number of fused-ring (bicyclic) bond motifs is 1. The van der Waals surface area contributed by atoms with E-state index >= 15 is 0 Å². The van der Waals surface area contributed by atoms with Gasteiger partial charge in [-0.1, -0.05) is 20.8 Å². The van der Waals surface area contributed by atoms with Gasteiger partial charge in [-0.25, -0.2) is 9.78 Å². The Hall–Kier alpha value is -2.50. The van der Waals surface area contributed by atoms with Crippen LogP contribution < -0.4 is 15.4 Å². The Morgan fingerprint density at radius 2 is 1.92 bits per heavy atom. The molecule has 1 saturated heterocycles. The summed E-state index contributed by atoms with van der Waals surface area (Å²) in [7, 11) is -1.79. The number of nitrogens with one attached hydrogen (secondary N) is 2. The van der Waals surface area contributed by atoms with Gasteiger partial charge in [0.2, 0.25) is 0 Å². The summed E-state index contributed by atoms with van der Waals surface area (Å²) < 4.78 is 11.6. The van der Waals surface area contributed by atoms with Gasteiger partial charge in [0.1, 0.15) is 5.69 Å². The van der Waals surface area contributed by atoms with Crippen molar-refractivity contribution in [1.29, 1.82) is 0 Å². The summed E-state index contributed by atoms with van der Waals surface area (Å²) in [6.07, 6.45) is 0.885. The summed E-state index contributed by atoms with van der Waals surface area (Å²) in [4.78, 5) is 38.2. The van der Waals surface area contributed by atoms with Gasteiger partial charge < -0.3 is 29.8 Å². The average Bonchev–Trinajstić information content (AvgIpc) is 2.75. The average molecular weight is 523 g/mol. The molecule has 2 aliphatic rings. The van der Waals surface area contributed by atoms with Crippen LogP contribution >= 0.6 is 0 Å². The molecule has 11 heteroatoms. The van der Waals surface area contributed by atoms with Crippen LogP contribution in [0.5, 0.6) is 5.75 Å². The fourth-order valence-corrected chi connectivity index (χ4v) is 5.12. The maximum Gasteiger partial charge on any atom is 0.407 e. The number of hydrogen-bond donors (Lipinski definition) is 3. The summed E-state index contributed by atoms with van der Waals surface area (Å²) in [5.41, 5.74) is -0.108. The van der Waals surface area contributed by atoms with E-state index < -0.39 is 14.4 Å². The first-order valence-electron chi connectivity index (χ1n) is 12.3. The largest absolute Gasteiger partial charge is 0.480 e. The molecule has 202 valence electrons. The van der Waals surface area contributed by atoms with E-state index in [1.165, 1.54) is 6.07 Å². The number of aldehydes is 1. The van der Waals surface area contributed by atoms with Crippen LogP contribution in [-0.2, 0) is 9.22 Å². The SMILES string of the molecule is CC(C)(C)N(C[C@@H]1CNC[C@H](O[Si](C)(C)C(C)(C)C)C1)C(=O)O.O=Cc1ccc2c(n1)NC(=O)CO2. The smallest absolute Gasteiger partial charge is 0.407 e. The van der Waals surface area contributed by atoms with Crippen molar-refractivity contribution in [3.05, 3.63) is 17.8 Å². The number of ether oxygens (including phenoxy) is 1. The van der Waals surface area contributed by atoms with E-state index in [1.54, 1.807) is 11.0 Å². The van der Waals surface area contributed by atoms with Crippen molar-refractivity contribution in [2.24, 2.45) is 5.92 Å². The molecule has 0 aliphatic carbocycles. The van der Waals surface area contributed by atoms with Gasteiger partial charge in [0.15, 0.2) is 32.8 Å². The Balaban J connectivity index is 0.000000293. The molecule has 2 aliphatic heterocycles. The van der Waals surface area contributed by atoms with Crippen LogP contribution in [0.4, 0.5) is 10.6 Å². The zero-order chi connectivity index (χ0) is 27.3. The molecule has 3 rings (SSSR count). The topological polar surface area (TPSA) is 130 Å². The fraction of sp³-hybridized carbons (Fsp3) is 0.680. The Labute approximate surface area is 215 Å². The molecular formula is C25H42N4O6Si. The third kappa shape index (κ3) is 8.28. The molecule has 0 radical (unpaired) electrons. The molecule has 3 N–H and O–H groups in total. The molecule has 2 amide bonds. The summed E-state index contributed by atoms with van der Waals surface area (Å²) in [5.74, 6) is 0.836. The lowest BCUT2D eigenvalue weighted by molar-refractivity contribution is -0.118. The first kappa shape index (κ1) is 29.7. The minimum absolute atomic E-state index is 0.00485. The molecule has 3 heterocycles. The molecule has 0 bridgehead atoms. The maximum absolute atomic E-state index is 11.5. The first-order valence-corrected chi connectivity index (χ1v) is 15.2. The summed E-state index contributed by atoms with van der Waals surface area (Å²) in [6.45, 7) is 19.4. The second kappa shape index (κ2) is 11.7. The van der Waals surface area contributed by atoms with E-state index in [-0.39, 0.29) is 34.9 Å². The summed E-state index contributed by atoms with van der Waals surface area (Å²) in [5, 5.41) is 15.6. The standard InChI is InChI=1S/C17H36N2O3Si.C8H6N2O3/c1-16(2,3)19(15(20)21)12-13-9-14(11-18-10-13)22-23(7,8)17(4,5)6;11-3-5-1-2-6-8(9-5)10-7(12)4-13-6/h13-14,18H,9-12H2,1-8H3,(H,20,21);1-3H,4H2,(H,9,10,12)/t13-,14+;/m0./s1. The zero-order valence-electron chi connectivity index (χ0n) is 22.8. The van der Waals surface area contributed by atoms with Crippen molar-refractivity contribution in [3.63, 3.8) is 0 Å². The highest BCUT2D eigenvalue weighted by Crippen LogP contribution is 2.38. The van der Waals surface area contributed by atoms with Crippen LogP contribution in [-0.4, -0.2) is 79.5 Å². The number of hydrogen-bond acceptors (Lipinski definition) is 7. The molecule has 1 aromatic rings. The monoisotopic (exact) mass is 522 g/mol. The normalized spacial score (nSPS) is 20.2. The van der Waals surface area contributed by atoms with Gasteiger partial charge in [-0.2, -0.15) is 0 Å². The van der Waals surface area contributed by atoms with Gasteiger partial charge in [0.25, 0.3) is 5.91 Å². The number of nitrogens with zero attached hydrogens (tertiary/aromatic N) is 2. The molecule has 0 aromatic carbocycles. The van der Waals surface area contributed by atoms with Crippen molar-refractivity contribution >= 4 is 32.4 Å². The Bertz CT molecular complexity index is 941. The van der Waals surface area contributed by atoms with E-state index in [9.17, 15) is 19.5 Å². The number of piperidine rings is 1. The van der Waals surface area contributed by atoms with E-state index in [1.807, 2.05) is 20.8 Å². The third-order valence-corrected chi connectivity index (χ3v) is 11.3. The lowest BCUT2D eigenvalue weighted by Gasteiger charge is -2.43. The molecule has 10 nitrogen and oxygen atoms in total. The molecule has 2 atom stereocenters. The number of rotatable bonds is 5. The summed E-state index contributed by atoms with van der Waals surface area (Å²) >= 11 is 0. The van der Waals surface area contributed by atoms with Crippen LogP contribution in [0.25, 0.3) is 0 Å². The van der Waals surface area contributed by atoms with Crippen molar-refractivity contribution in [3.8, 4) is 5.75 Å². The van der Waals surface area contributed by atoms with Gasteiger partial charge in [-0.05, 0) is 69.9 Å². The summed E-state index contributed by atoms with van der Waals surface area (Å²) in [6, 6.07) is 3.13. The lowest BCUT2D eigenvalue weighted by Crippen LogP contribution is -2.53. The minimum Gasteiger partial charge on any atom is -0.480 e. The fourth-order valence-electron chi connectivity index (χ4n) is 3.75. The number of carbonyl (C=O) groups excluding carboxylic acids is 2. The number of carbonyl (C=O) groups is 3. The van der Waals surface area contributed by atoms with Crippen LogP contribution in [0.1, 0.15) is 58.5 Å². The van der Waals surface area contributed by atoms with Crippen LogP contribution in [0.15, 0.2) is 12.1 Å². The van der Waals surface area contributed by atoms with Crippen molar-refractivity contribution in [2.45, 2.75) is 77.7 Å². The second-order valence-corrected chi connectivity index (χ2v) is 16.6. The highest BCUT2D eigenvalue weighted by molar-refractivity contribution is 6.74. The molecule has 1 fully saturated rings. The van der Waals surface area contributed by atoms with Gasteiger partial charge in [-0.15, -0.1) is 0 Å². The number of carboxylic acid groups (broad SMARTS) is 1. The van der Waals surface area contributed by atoms with Crippen molar-refractivity contribution in [2.75, 3.05) is 31.6 Å². The Kier molecular flexibility index (Phi) is 9.66. The second-order valence-electron chi connectivity index (χ2n) is 11.9. The molecule has 36 heavy (non-hydrogen) atoms. The van der Waals surface area contributed by atoms with Crippen LogP contribution in [0.3, 0.4) is 0 Å². The van der Waals surface area contributed by atoms with Crippen LogP contribution in [0.2, 0.25) is 18.1 Å². The maximum atomic E-state index is 11.5. The van der Waals surface area contributed by atoms with E-state index in [0.29, 0.717) is 30.3 Å². The highest BCUT2D eigenvalue weighted by atomic mass is 28.4. The lowest BCUT2D eigenvalue weighted by atomic mass is 9.95. The predicted octanol–water partition coefficient (Wildman–Crippen LogP) is 3.99. The van der Waals surface area contributed by atoms with E-state index in [2.05, 4.69) is 49.5 Å². The Morgan fingerprint density at radius 3 is 2.47 bits per heavy atom. The number of aromatic nitrogens is 1. The minimum atomic E-state index is -1.79. The van der Waals surface area contributed by atoms with Gasteiger partial charge >= 0.3 is 6.09 Å². The highest BCUT2D eigenvalue weighted by Gasteiger charge is 2.40. The quantitative estimate of drug-likeness (QED) is 0.391. The first-order chi connectivity index (χ1) is 16.5. The van der Waals surface area contributed by atoms with Crippen molar-refractivity contribution in [1.82, 2.24) is 15.2 Å². The zero-order valence-corrected chi connectivity index (χ0v) is 23.8. The molecule has 0 unspecified atom stereocenters. The van der Waals surface area contributed by atoms with Gasteiger partial charge in [-0.3, -0.25) is 9.59 Å². The third-order valence-electron chi connectivity index (χ3n) is 6.77. The molecular weight excluding hydrogens is 480 g/mol. The van der Waals surface area contributed by atoms with E-state index in [4.69, 9.17) is 9.16 Å². The number of anilines is 1. The Morgan fingerprint density at radius 1 is 1.25 bits per heavy atom. The van der Waals surface area contributed by atoms with Crippen LogP contribution in [0, 0.1) is 5.92 Å². The van der Waals surface area contributed by atoms with E-state index in [0.717, 1.165) is 19.5 Å². The predicted molar refractivity (Wildman–Crippen MR) is 141 cm³/mol. The molecule has 0 spiro atoms. The molecule has 1 aromatic heterocycles. The van der Waals surface area contributed by atoms with Gasteiger partial charge in [0.05, 0.1) is 6.10 Å². The number of amides is 2. The van der Waals surface area contributed by atoms with Crippen molar-refractivity contribution < 1.29 is 28.7 Å².